The van der Waals surface area contributed by atoms with Crippen molar-refractivity contribution >= 4 is 5.69 Å². The summed E-state index contributed by atoms with van der Waals surface area (Å²) >= 11 is 0. The molecule has 2 atom stereocenters. The zero-order valence-electron chi connectivity index (χ0n) is 18.6. The van der Waals surface area contributed by atoms with Crippen LogP contribution in [0.3, 0.4) is 0 Å². The summed E-state index contributed by atoms with van der Waals surface area (Å²) in [6, 6.07) is 16.9. The molecule has 2 aromatic carbocycles. The maximum absolute atomic E-state index is 4.04. The summed E-state index contributed by atoms with van der Waals surface area (Å²) in [6.07, 6.45) is 10.8. The van der Waals surface area contributed by atoms with Gasteiger partial charge in [0.1, 0.15) is 0 Å². The zero-order chi connectivity index (χ0) is 20.2. The molecule has 2 heteroatoms. The zero-order valence-corrected chi connectivity index (χ0v) is 18.6. The molecule has 2 unspecified atom stereocenters. The number of fused-ring (bicyclic) bond motifs is 1. The van der Waals surface area contributed by atoms with Crippen molar-refractivity contribution in [3.8, 4) is 0 Å². The molecule has 29 heavy (non-hydrogen) atoms. The smallest absolute Gasteiger partial charge is 0.0361 e. The van der Waals surface area contributed by atoms with Crippen LogP contribution < -0.4 is 10.2 Å². The van der Waals surface area contributed by atoms with Gasteiger partial charge < -0.3 is 10.2 Å². The first-order chi connectivity index (χ1) is 14.1. The van der Waals surface area contributed by atoms with Crippen molar-refractivity contribution in [3.05, 3.63) is 64.7 Å². The standard InChI is InChI=1S/C27H38N2/c1-20-9-15-25-23(17-20)12-16-27(28-19-22-7-5-4-6-8-22)26(25)18-21-10-13-24(14-11-21)29(2)3/h9-11,13-15,17,22,26-28H,4-8,12,16,18-19H2,1-3H3. The third kappa shape index (κ3) is 5.04. The van der Waals surface area contributed by atoms with E-state index in [1.807, 2.05) is 0 Å². The second-order valence-electron chi connectivity index (χ2n) is 9.63. The van der Waals surface area contributed by atoms with Crippen LogP contribution in [0.15, 0.2) is 42.5 Å². The van der Waals surface area contributed by atoms with E-state index in [4.69, 9.17) is 0 Å². The number of rotatable bonds is 6. The number of hydrogen-bond donors (Lipinski definition) is 1. The number of hydrogen-bond acceptors (Lipinski definition) is 2. The first kappa shape index (κ1) is 20.5. The summed E-state index contributed by atoms with van der Waals surface area (Å²) in [7, 11) is 4.22. The number of nitrogens with zero attached hydrogens (tertiary/aromatic N) is 1. The first-order valence-corrected chi connectivity index (χ1v) is 11.7. The van der Waals surface area contributed by atoms with Crippen molar-refractivity contribution in [2.24, 2.45) is 5.92 Å². The summed E-state index contributed by atoms with van der Waals surface area (Å²) in [4.78, 5) is 2.18. The third-order valence-electron chi connectivity index (χ3n) is 7.21. The molecule has 0 aromatic heterocycles. The lowest BCUT2D eigenvalue weighted by molar-refractivity contribution is 0.301. The summed E-state index contributed by atoms with van der Waals surface area (Å²) in [5.74, 6) is 1.47. The molecule has 1 N–H and O–H groups in total. The molecule has 2 nitrogen and oxygen atoms in total. The summed E-state index contributed by atoms with van der Waals surface area (Å²) in [5.41, 5.74) is 7.29. The minimum atomic E-state index is 0.577. The van der Waals surface area contributed by atoms with Gasteiger partial charge >= 0.3 is 0 Å². The lowest BCUT2D eigenvalue weighted by Crippen LogP contribution is -2.41. The van der Waals surface area contributed by atoms with E-state index in [1.54, 1.807) is 11.1 Å². The van der Waals surface area contributed by atoms with Crippen LogP contribution in [-0.4, -0.2) is 26.7 Å². The molecule has 156 valence electrons. The van der Waals surface area contributed by atoms with Crippen molar-refractivity contribution in [2.45, 2.75) is 70.3 Å². The van der Waals surface area contributed by atoms with Crippen LogP contribution in [0.1, 0.15) is 66.7 Å². The molecule has 0 heterocycles. The second-order valence-corrected chi connectivity index (χ2v) is 9.63. The Morgan fingerprint density at radius 1 is 0.931 bits per heavy atom. The van der Waals surface area contributed by atoms with Crippen LogP contribution in [0.4, 0.5) is 5.69 Å². The molecular weight excluding hydrogens is 352 g/mol. The second kappa shape index (κ2) is 9.34. The lowest BCUT2D eigenvalue weighted by atomic mass is 9.75. The first-order valence-electron chi connectivity index (χ1n) is 11.7. The molecule has 2 aromatic rings. The highest BCUT2D eigenvalue weighted by Crippen LogP contribution is 2.36. The molecule has 2 aliphatic carbocycles. The minimum absolute atomic E-state index is 0.577. The van der Waals surface area contributed by atoms with Crippen LogP contribution in [0.5, 0.6) is 0 Å². The number of benzene rings is 2. The molecule has 1 fully saturated rings. The Bertz CT molecular complexity index is 787. The van der Waals surface area contributed by atoms with Crippen LogP contribution in [0.25, 0.3) is 0 Å². The fourth-order valence-corrected chi connectivity index (χ4v) is 5.43. The molecular formula is C27H38N2. The Kier molecular flexibility index (Phi) is 6.60. The number of anilines is 1. The summed E-state index contributed by atoms with van der Waals surface area (Å²) in [5, 5.41) is 4.04. The van der Waals surface area contributed by atoms with Crippen LogP contribution in [0, 0.1) is 12.8 Å². The van der Waals surface area contributed by atoms with Crippen LogP contribution in [0.2, 0.25) is 0 Å². The predicted octanol–water partition coefficient (Wildman–Crippen LogP) is 5.87. The van der Waals surface area contributed by atoms with E-state index in [0.29, 0.717) is 12.0 Å². The van der Waals surface area contributed by atoms with E-state index in [-0.39, 0.29) is 0 Å². The van der Waals surface area contributed by atoms with E-state index in [1.165, 1.54) is 68.3 Å². The largest absolute Gasteiger partial charge is 0.378 e. The fourth-order valence-electron chi connectivity index (χ4n) is 5.43. The minimum Gasteiger partial charge on any atom is -0.378 e. The van der Waals surface area contributed by atoms with E-state index >= 15 is 0 Å². The average molecular weight is 391 g/mol. The fraction of sp³-hybridized carbons (Fsp3) is 0.556. The maximum atomic E-state index is 4.04. The van der Waals surface area contributed by atoms with Crippen molar-refractivity contribution in [1.82, 2.24) is 5.32 Å². The highest BCUT2D eigenvalue weighted by molar-refractivity contribution is 5.47. The van der Waals surface area contributed by atoms with Gasteiger partial charge in [0.25, 0.3) is 0 Å². The number of aryl methyl sites for hydroxylation is 2. The van der Waals surface area contributed by atoms with E-state index in [0.717, 1.165) is 12.3 Å². The van der Waals surface area contributed by atoms with Gasteiger partial charge in [0.05, 0.1) is 0 Å². The van der Waals surface area contributed by atoms with Crippen LogP contribution >= 0.6 is 0 Å². The molecule has 0 bridgehead atoms. The highest BCUT2D eigenvalue weighted by atomic mass is 15.1. The van der Waals surface area contributed by atoms with Gasteiger partial charge in [-0.3, -0.25) is 0 Å². The Labute approximate surface area is 177 Å². The average Bonchev–Trinajstić information content (AvgIpc) is 2.74. The van der Waals surface area contributed by atoms with Gasteiger partial charge in [-0.05, 0) is 80.3 Å². The Morgan fingerprint density at radius 3 is 2.41 bits per heavy atom. The molecule has 0 radical (unpaired) electrons. The maximum Gasteiger partial charge on any atom is 0.0361 e. The SMILES string of the molecule is Cc1ccc2c(c1)CCC(NCC1CCCCC1)C2Cc1ccc(N(C)C)cc1. The van der Waals surface area contributed by atoms with E-state index in [2.05, 4.69) is 73.7 Å². The predicted molar refractivity (Wildman–Crippen MR) is 125 cm³/mol. The van der Waals surface area contributed by atoms with Crippen molar-refractivity contribution in [2.75, 3.05) is 25.5 Å². The number of nitrogens with one attached hydrogen (secondary N) is 1. The molecule has 4 rings (SSSR count). The van der Waals surface area contributed by atoms with Crippen molar-refractivity contribution in [3.63, 3.8) is 0 Å². The van der Waals surface area contributed by atoms with E-state index in [9.17, 15) is 0 Å². The molecule has 0 saturated heterocycles. The molecule has 0 aliphatic heterocycles. The normalized spacial score (nSPS) is 22.3. The topological polar surface area (TPSA) is 15.3 Å². The third-order valence-corrected chi connectivity index (χ3v) is 7.21. The molecule has 1 saturated carbocycles. The summed E-state index contributed by atoms with van der Waals surface area (Å²) in [6.45, 7) is 3.44. The molecule has 0 amide bonds. The monoisotopic (exact) mass is 390 g/mol. The van der Waals surface area contributed by atoms with Gasteiger partial charge in [0, 0.05) is 31.7 Å². The Hall–Kier alpha value is -1.80. The highest BCUT2D eigenvalue weighted by Gasteiger charge is 2.30. The molecule has 0 spiro atoms. The van der Waals surface area contributed by atoms with Gasteiger partial charge in [-0.25, -0.2) is 0 Å². The van der Waals surface area contributed by atoms with Gasteiger partial charge in [0.2, 0.25) is 0 Å². The van der Waals surface area contributed by atoms with Crippen LogP contribution in [-0.2, 0) is 12.8 Å². The lowest BCUT2D eigenvalue weighted by Gasteiger charge is -2.36. The van der Waals surface area contributed by atoms with Crippen molar-refractivity contribution < 1.29 is 0 Å². The summed E-state index contributed by atoms with van der Waals surface area (Å²) < 4.78 is 0. The van der Waals surface area contributed by atoms with Gasteiger partial charge in [-0.2, -0.15) is 0 Å². The Morgan fingerprint density at radius 2 is 1.69 bits per heavy atom. The van der Waals surface area contributed by atoms with Gasteiger partial charge in [-0.15, -0.1) is 0 Å². The van der Waals surface area contributed by atoms with Crippen molar-refractivity contribution in [1.29, 1.82) is 0 Å². The van der Waals surface area contributed by atoms with Gasteiger partial charge in [-0.1, -0.05) is 55.2 Å². The van der Waals surface area contributed by atoms with Gasteiger partial charge in [0.15, 0.2) is 0 Å². The van der Waals surface area contributed by atoms with E-state index < -0.39 is 0 Å². The molecule has 2 aliphatic rings. The quantitative estimate of drug-likeness (QED) is 0.663. The Balaban J connectivity index is 1.52.